The molecule has 0 N–H and O–H groups in total. The first-order valence-corrected chi connectivity index (χ1v) is 6.14. The Hall–Kier alpha value is -0.810. The predicted molar refractivity (Wildman–Crippen MR) is 66.5 cm³/mol. The number of hydrogen-bond acceptors (Lipinski definition) is 3. The molecular formula is C12H10NaO3S. The number of benzene rings is 2. The molecule has 2 aromatic rings. The Bertz CT molecular complexity index is 553. The molecule has 0 aliphatic carbocycles. The molecule has 83 valence electrons. The van der Waals surface area contributed by atoms with Crippen LogP contribution in [-0.2, 0) is 10.1 Å². The van der Waals surface area contributed by atoms with E-state index in [4.69, 9.17) is 4.18 Å². The predicted octanol–water partition coefficient (Wildman–Crippen LogP) is 2.07. The van der Waals surface area contributed by atoms with Gasteiger partial charge in [-0.15, -0.1) is 0 Å². The molecule has 0 unspecified atom stereocenters. The summed E-state index contributed by atoms with van der Waals surface area (Å²) in [5.74, 6) is 0.311. The second-order valence-electron chi connectivity index (χ2n) is 3.16. The van der Waals surface area contributed by atoms with Crippen LogP contribution >= 0.6 is 0 Å². The van der Waals surface area contributed by atoms with E-state index in [1.54, 1.807) is 48.5 Å². The Kier molecular flexibility index (Phi) is 5.21. The molecule has 0 aromatic heterocycles. The summed E-state index contributed by atoms with van der Waals surface area (Å²) in [6, 6.07) is 16.5. The topological polar surface area (TPSA) is 43.4 Å². The van der Waals surface area contributed by atoms with Gasteiger partial charge in [0.2, 0.25) is 0 Å². The quantitative estimate of drug-likeness (QED) is 0.624. The molecule has 2 rings (SSSR count). The maximum atomic E-state index is 11.8. The smallest absolute Gasteiger partial charge is 0.339 e. The summed E-state index contributed by atoms with van der Waals surface area (Å²) in [5, 5.41) is 0. The molecule has 17 heavy (non-hydrogen) atoms. The van der Waals surface area contributed by atoms with E-state index in [1.165, 1.54) is 12.1 Å². The van der Waals surface area contributed by atoms with E-state index in [1.807, 2.05) is 0 Å². The van der Waals surface area contributed by atoms with Crippen molar-refractivity contribution in [2.75, 3.05) is 0 Å². The minimum Gasteiger partial charge on any atom is -0.379 e. The van der Waals surface area contributed by atoms with Crippen LogP contribution in [0.5, 0.6) is 5.75 Å². The van der Waals surface area contributed by atoms with Gasteiger partial charge in [0.25, 0.3) is 0 Å². The van der Waals surface area contributed by atoms with Crippen LogP contribution in [0.2, 0.25) is 0 Å². The zero-order chi connectivity index (χ0) is 11.4. The van der Waals surface area contributed by atoms with Crippen LogP contribution in [0.25, 0.3) is 0 Å². The average Bonchev–Trinajstić information content (AvgIpc) is 2.31. The molecule has 0 amide bonds. The van der Waals surface area contributed by atoms with E-state index in [-0.39, 0.29) is 34.5 Å². The van der Waals surface area contributed by atoms with Crippen LogP contribution in [0.4, 0.5) is 0 Å². The Balaban J connectivity index is 0.00000144. The Labute approximate surface area is 123 Å². The molecule has 0 bridgehead atoms. The van der Waals surface area contributed by atoms with Crippen LogP contribution < -0.4 is 4.18 Å². The van der Waals surface area contributed by atoms with Gasteiger partial charge in [0.05, 0.1) is 0 Å². The zero-order valence-electron chi connectivity index (χ0n) is 9.41. The van der Waals surface area contributed by atoms with Crippen molar-refractivity contribution in [3.05, 3.63) is 60.7 Å². The molecule has 0 spiro atoms. The molecule has 5 heteroatoms. The van der Waals surface area contributed by atoms with Gasteiger partial charge in [-0.1, -0.05) is 36.4 Å². The van der Waals surface area contributed by atoms with Crippen molar-refractivity contribution >= 4 is 39.7 Å². The van der Waals surface area contributed by atoms with Crippen LogP contribution in [0.15, 0.2) is 65.6 Å². The van der Waals surface area contributed by atoms with Crippen LogP contribution in [0.1, 0.15) is 0 Å². The van der Waals surface area contributed by atoms with Crippen molar-refractivity contribution < 1.29 is 12.6 Å². The van der Waals surface area contributed by atoms with Gasteiger partial charge in [-0.2, -0.15) is 8.42 Å². The van der Waals surface area contributed by atoms with E-state index < -0.39 is 10.1 Å². The van der Waals surface area contributed by atoms with Gasteiger partial charge in [-0.3, -0.25) is 0 Å². The van der Waals surface area contributed by atoms with E-state index in [9.17, 15) is 8.42 Å². The second-order valence-corrected chi connectivity index (χ2v) is 4.71. The first-order valence-electron chi connectivity index (χ1n) is 4.73. The molecule has 0 saturated carbocycles. The zero-order valence-corrected chi connectivity index (χ0v) is 12.2. The van der Waals surface area contributed by atoms with Crippen molar-refractivity contribution in [1.29, 1.82) is 0 Å². The van der Waals surface area contributed by atoms with Gasteiger partial charge in [-0.25, -0.2) is 0 Å². The summed E-state index contributed by atoms with van der Waals surface area (Å²) in [6.07, 6.45) is 0. The number of hydrogen-bond donors (Lipinski definition) is 0. The monoisotopic (exact) mass is 257 g/mol. The van der Waals surface area contributed by atoms with E-state index in [2.05, 4.69) is 0 Å². The third kappa shape index (κ3) is 3.85. The largest absolute Gasteiger partial charge is 0.379 e. The van der Waals surface area contributed by atoms with Gasteiger partial charge in [-0.05, 0) is 24.3 Å². The molecule has 0 heterocycles. The molecule has 0 saturated heterocycles. The molecule has 3 nitrogen and oxygen atoms in total. The van der Waals surface area contributed by atoms with Crippen molar-refractivity contribution in [1.82, 2.24) is 0 Å². The van der Waals surface area contributed by atoms with Gasteiger partial charge in [0, 0.05) is 29.6 Å². The number of para-hydroxylation sites is 1. The molecular weight excluding hydrogens is 247 g/mol. The fourth-order valence-corrected chi connectivity index (χ4v) is 2.19. The van der Waals surface area contributed by atoms with Crippen molar-refractivity contribution in [2.24, 2.45) is 0 Å². The SMILES string of the molecule is O=S(=O)(Oc1ccccc1)c1ccccc1.[Na]. The maximum absolute atomic E-state index is 11.8. The molecule has 0 aliphatic rings. The average molecular weight is 257 g/mol. The summed E-state index contributed by atoms with van der Waals surface area (Å²) in [6.45, 7) is 0. The van der Waals surface area contributed by atoms with Crippen molar-refractivity contribution in [3.63, 3.8) is 0 Å². The fourth-order valence-electron chi connectivity index (χ4n) is 1.24. The van der Waals surface area contributed by atoms with Gasteiger partial charge < -0.3 is 4.18 Å². The minimum atomic E-state index is -3.71. The second kappa shape index (κ2) is 6.21. The van der Waals surface area contributed by atoms with E-state index >= 15 is 0 Å². The van der Waals surface area contributed by atoms with Crippen LogP contribution in [-0.4, -0.2) is 38.0 Å². The summed E-state index contributed by atoms with van der Waals surface area (Å²) in [4.78, 5) is 0.152. The van der Waals surface area contributed by atoms with Gasteiger partial charge in [0.15, 0.2) is 0 Å². The Morgan fingerprint density at radius 2 is 1.24 bits per heavy atom. The fraction of sp³-hybridized carbons (Fsp3) is 0. The van der Waals surface area contributed by atoms with Crippen LogP contribution in [0.3, 0.4) is 0 Å². The molecule has 0 atom stereocenters. The standard InChI is InChI=1S/C12H10O3S.Na/c13-16(14,12-9-5-2-6-10-12)15-11-7-3-1-4-8-11;/h1-10H;. The van der Waals surface area contributed by atoms with Gasteiger partial charge in [0.1, 0.15) is 10.6 Å². The maximum Gasteiger partial charge on any atom is 0.339 e. The van der Waals surface area contributed by atoms with Crippen molar-refractivity contribution in [2.45, 2.75) is 4.90 Å². The Morgan fingerprint density at radius 1 is 0.765 bits per heavy atom. The normalized spacial score (nSPS) is 10.4. The summed E-state index contributed by atoms with van der Waals surface area (Å²) < 4.78 is 28.5. The summed E-state index contributed by atoms with van der Waals surface area (Å²) >= 11 is 0. The minimum absolute atomic E-state index is 0. The molecule has 0 fully saturated rings. The van der Waals surface area contributed by atoms with E-state index in [0.717, 1.165) is 0 Å². The third-order valence-electron chi connectivity index (χ3n) is 1.98. The van der Waals surface area contributed by atoms with Gasteiger partial charge >= 0.3 is 10.1 Å². The first kappa shape index (κ1) is 14.3. The molecule has 0 aliphatic heterocycles. The van der Waals surface area contributed by atoms with Crippen LogP contribution in [0, 0.1) is 0 Å². The Morgan fingerprint density at radius 3 is 1.76 bits per heavy atom. The van der Waals surface area contributed by atoms with E-state index in [0.29, 0.717) is 5.75 Å². The summed E-state index contributed by atoms with van der Waals surface area (Å²) in [7, 11) is -3.71. The third-order valence-corrected chi connectivity index (χ3v) is 3.24. The summed E-state index contributed by atoms with van der Waals surface area (Å²) in [5.41, 5.74) is 0. The number of rotatable bonds is 3. The van der Waals surface area contributed by atoms with Crippen molar-refractivity contribution in [3.8, 4) is 5.75 Å². The molecule has 2 aromatic carbocycles. The molecule has 1 radical (unpaired) electrons. The first-order chi connectivity index (χ1) is 7.68.